The molecule has 1 atom stereocenters. The van der Waals surface area contributed by atoms with Crippen molar-refractivity contribution in [2.24, 2.45) is 5.92 Å². The molecule has 15 heavy (non-hydrogen) atoms. The summed E-state index contributed by atoms with van der Waals surface area (Å²) in [5.41, 5.74) is 1.73. The fraction of sp³-hybridized carbons (Fsp3) is 0.636. The molecule has 0 bridgehead atoms. The van der Waals surface area contributed by atoms with Crippen molar-refractivity contribution in [1.82, 2.24) is 9.97 Å². The average Bonchev–Trinajstić information content (AvgIpc) is 2.18. The van der Waals surface area contributed by atoms with Crippen LogP contribution in [0.25, 0.3) is 0 Å². The van der Waals surface area contributed by atoms with E-state index in [1.165, 1.54) is 0 Å². The lowest BCUT2D eigenvalue weighted by Crippen LogP contribution is -2.25. The van der Waals surface area contributed by atoms with Crippen LogP contribution in [-0.4, -0.2) is 27.7 Å². The van der Waals surface area contributed by atoms with Gasteiger partial charge in [-0.05, 0) is 19.8 Å². The maximum Gasteiger partial charge on any atom is 0.147 e. The molecule has 1 unspecified atom stereocenters. The summed E-state index contributed by atoms with van der Waals surface area (Å²) in [5, 5.41) is 12.7. The summed E-state index contributed by atoms with van der Waals surface area (Å²) in [4.78, 5) is 8.51. The average molecular weight is 209 g/mol. The van der Waals surface area contributed by atoms with Crippen LogP contribution in [0.4, 0.5) is 5.82 Å². The lowest BCUT2D eigenvalue weighted by Gasteiger charge is -2.16. The lowest BCUT2D eigenvalue weighted by molar-refractivity contribution is 0.138. The minimum Gasteiger partial charge on any atom is -0.391 e. The molecular formula is C11H19N3O. The van der Waals surface area contributed by atoms with Crippen molar-refractivity contribution in [2.75, 3.05) is 11.9 Å². The van der Waals surface area contributed by atoms with Gasteiger partial charge in [-0.1, -0.05) is 13.8 Å². The SMILES string of the molecule is Cc1cnc(C)c(NCC(O)C(C)C)n1. The van der Waals surface area contributed by atoms with Crippen LogP contribution in [-0.2, 0) is 0 Å². The van der Waals surface area contributed by atoms with E-state index in [-0.39, 0.29) is 12.0 Å². The van der Waals surface area contributed by atoms with Gasteiger partial charge in [0.1, 0.15) is 5.82 Å². The van der Waals surface area contributed by atoms with Gasteiger partial charge in [0.05, 0.1) is 17.5 Å². The Morgan fingerprint density at radius 3 is 2.67 bits per heavy atom. The number of hydrogen-bond donors (Lipinski definition) is 2. The van der Waals surface area contributed by atoms with E-state index >= 15 is 0 Å². The predicted octanol–water partition coefficient (Wildman–Crippen LogP) is 1.52. The molecule has 4 nitrogen and oxygen atoms in total. The first-order valence-electron chi connectivity index (χ1n) is 5.23. The van der Waals surface area contributed by atoms with Crippen LogP contribution in [0.15, 0.2) is 6.20 Å². The Hall–Kier alpha value is -1.16. The molecule has 2 N–H and O–H groups in total. The summed E-state index contributed by atoms with van der Waals surface area (Å²) in [7, 11) is 0. The summed E-state index contributed by atoms with van der Waals surface area (Å²) in [6.07, 6.45) is 1.38. The Kier molecular flexibility index (Phi) is 4.03. The van der Waals surface area contributed by atoms with Gasteiger partial charge in [0.2, 0.25) is 0 Å². The first-order chi connectivity index (χ1) is 7.00. The number of rotatable bonds is 4. The predicted molar refractivity (Wildman–Crippen MR) is 60.8 cm³/mol. The van der Waals surface area contributed by atoms with Crippen molar-refractivity contribution in [3.8, 4) is 0 Å². The summed E-state index contributed by atoms with van der Waals surface area (Å²) >= 11 is 0. The molecule has 1 rings (SSSR count). The zero-order valence-corrected chi connectivity index (χ0v) is 9.78. The molecule has 0 aliphatic heterocycles. The number of aromatic nitrogens is 2. The maximum absolute atomic E-state index is 9.64. The zero-order chi connectivity index (χ0) is 11.4. The van der Waals surface area contributed by atoms with Gasteiger partial charge >= 0.3 is 0 Å². The molecule has 0 amide bonds. The van der Waals surface area contributed by atoms with Crippen LogP contribution in [0.5, 0.6) is 0 Å². The van der Waals surface area contributed by atoms with E-state index < -0.39 is 0 Å². The molecule has 4 heteroatoms. The first kappa shape index (κ1) is 11.9. The fourth-order valence-corrected chi connectivity index (χ4v) is 1.14. The third kappa shape index (κ3) is 3.47. The van der Waals surface area contributed by atoms with E-state index in [1.807, 2.05) is 27.7 Å². The van der Waals surface area contributed by atoms with Crippen LogP contribution in [0.2, 0.25) is 0 Å². The van der Waals surface area contributed by atoms with Crippen molar-refractivity contribution >= 4 is 5.82 Å². The number of aryl methyl sites for hydroxylation is 2. The second kappa shape index (κ2) is 5.07. The molecule has 0 spiro atoms. The number of hydrogen-bond acceptors (Lipinski definition) is 4. The molecule has 0 radical (unpaired) electrons. The highest BCUT2D eigenvalue weighted by Crippen LogP contribution is 2.09. The third-order valence-electron chi connectivity index (χ3n) is 2.32. The molecule has 0 fully saturated rings. The lowest BCUT2D eigenvalue weighted by atomic mass is 10.1. The highest BCUT2D eigenvalue weighted by Gasteiger charge is 2.09. The quantitative estimate of drug-likeness (QED) is 0.789. The number of nitrogens with one attached hydrogen (secondary N) is 1. The molecule has 0 saturated heterocycles. The van der Waals surface area contributed by atoms with E-state index in [4.69, 9.17) is 0 Å². The number of nitrogens with zero attached hydrogens (tertiary/aromatic N) is 2. The van der Waals surface area contributed by atoms with E-state index in [2.05, 4.69) is 15.3 Å². The first-order valence-corrected chi connectivity index (χ1v) is 5.23. The molecule has 84 valence electrons. The monoisotopic (exact) mass is 209 g/mol. The van der Waals surface area contributed by atoms with Gasteiger partial charge in [0.25, 0.3) is 0 Å². The summed E-state index contributed by atoms with van der Waals surface area (Å²) in [5.74, 6) is 1.00. The molecule has 1 heterocycles. The van der Waals surface area contributed by atoms with Gasteiger partial charge < -0.3 is 10.4 Å². The Morgan fingerprint density at radius 2 is 2.07 bits per heavy atom. The van der Waals surface area contributed by atoms with Gasteiger partial charge in [-0.15, -0.1) is 0 Å². The molecular weight excluding hydrogens is 190 g/mol. The van der Waals surface area contributed by atoms with Crippen molar-refractivity contribution in [1.29, 1.82) is 0 Å². The second-order valence-corrected chi connectivity index (χ2v) is 4.14. The summed E-state index contributed by atoms with van der Waals surface area (Å²) < 4.78 is 0. The van der Waals surface area contributed by atoms with Crippen molar-refractivity contribution < 1.29 is 5.11 Å². The minimum atomic E-state index is -0.355. The molecule has 0 aromatic carbocycles. The second-order valence-electron chi connectivity index (χ2n) is 4.14. The minimum absolute atomic E-state index is 0.246. The van der Waals surface area contributed by atoms with Gasteiger partial charge in [0, 0.05) is 12.7 Å². The number of aliphatic hydroxyl groups is 1. The van der Waals surface area contributed by atoms with Crippen molar-refractivity contribution in [3.63, 3.8) is 0 Å². The normalized spacial score (nSPS) is 12.9. The number of aliphatic hydroxyl groups excluding tert-OH is 1. The van der Waals surface area contributed by atoms with E-state index in [9.17, 15) is 5.11 Å². The number of anilines is 1. The van der Waals surface area contributed by atoms with Gasteiger partial charge in [-0.3, -0.25) is 4.98 Å². The van der Waals surface area contributed by atoms with Crippen LogP contribution >= 0.6 is 0 Å². The van der Waals surface area contributed by atoms with E-state index in [0.29, 0.717) is 6.54 Å². The molecule has 0 aliphatic carbocycles. The summed E-state index contributed by atoms with van der Waals surface area (Å²) in [6, 6.07) is 0. The van der Waals surface area contributed by atoms with Crippen molar-refractivity contribution in [3.05, 3.63) is 17.6 Å². The Labute approximate surface area is 90.8 Å². The highest BCUT2D eigenvalue weighted by molar-refractivity contribution is 5.39. The zero-order valence-electron chi connectivity index (χ0n) is 9.78. The highest BCUT2D eigenvalue weighted by atomic mass is 16.3. The van der Waals surface area contributed by atoms with Crippen LogP contribution in [0.1, 0.15) is 25.2 Å². The molecule has 0 saturated carbocycles. The maximum atomic E-state index is 9.64. The molecule has 1 aromatic rings. The van der Waals surface area contributed by atoms with E-state index in [1.54, 1.807) is 6.20 Å². The Balaban J connectivity index is 2.61. The molecule has 0 aliphatic rings. The topological polar surface area (TPSA) is 58.0 Å². The largest absolute Gasteiger partial charge is 0.391 e. The Morgan fingerprint density at radius 1 is 1.40 bits per heavy atom. The standard InChI is InChI=1S/C11H19N3O/c1-7(2)10(15)6-13-11-9(4)12-5-8(3)14-11/h5,7,10,15H,6H2,1-4H3,(H,13,14). The van der Waals surface area contributed by atoms with Crippen molar-refractivity contribution in [2.45, 2.75) is 33.8 Å². The van der Waals surface area contributed by atoms with Gasteiger partial charge in [-0.2, -0.15) is 0 Å². The summed E-state index contributed by atoms with van der Waals surface area (Å²) in [6.45, 7) is 8.28. The van der Waals surface area contributed by atoms with Crippen LogP contribution < -0.4 is 5.32 Å². The van der Waals surface area contributed by atoms with Gasteiger partial charge in [-0.25, -0.2) is 4.98 Å². The fourth-order valence-electron chi connectivity index (χ4n) is 1.14. The van der Waals surface area contributed by atoms with E-state index in [0.717, 1.165) is 17.2 Å². The van der Waals surface area contributed by atoms with Crippen LogP contribution in [0, 0.1) is 19.8 Å². The molecule has 1 aromatic heterocycles. The third-order valence-corrected chi connectivity index (χ3v) is 2.32. The Bertz CT molecular complexity index is 326. The smallest absolute Gasteiger partial charge is 0.147 e. The van der Waals surface area contributed by atoms with Crippen LogP contribution in [0.3, 0.4) is 0 Å². The van der Waals surface area contributed by atoms with Gasteiger partial charge in [0.15, 0.2) is 0 Å².